The minimum atomic E-state index is -0.308. The topological polar surface area (TPSA) is 75.5 Å². The molecule has 2 aromatic rings. The maximum absolute atomic E-state index is 13.3. The average Bonchev–Trinajstić information content (AvgIpc) is 3.31. The molecule has 5 aliphatic rings. The monoisotopic (exact) mass is 479 g/mol. The number of ether oxygens (including phenoxy) is 6. The van der Waals surface area contributed by atoms with Gasteiger partial charge >= 0.3 is 5.97 Å². The maximum atomic E-state index is 13.3. The van der Waals surface area contributed by atoms with Gasteiger partial charge in [0.15, 0.2) is 23.0 Å². The normalized spacial score (nSPS) is 33.5. The van der Waals surface area contributed by atoms with Gasteiger partial charge in [-0.25, -0.2) is 0 Å². The summed E-state index contributed by atoms with van der Waals surface area (Å²) in [5, 5.41) is 0. The van der Waals surface area contributed by atoms with E-state index in [0.717, 1.165) is 22.6 Å². The second kappa shape index (κ2) is 7.68. The Labute approximate surface area is 204 Å². The SMILES string of the molecule is COc1cc([C@@H]2c3cc4c(cc3C(N3C5CCCC53)[C@H]3COC(=O)[C@H]23)OCO4)cc(OC)c1OC. The van der Waals surface area contributed by atoms with Crippen molar-refractivity contribution in [3.05, 3.63) is 41.0 Å². The van der Waals surface area contributed by atoms with E-state index in [0.29, 0.717) is 35.9 Å². The predicted molar refractivity (Wildman–Crippen MR) is 124 cm³/mol. The van der Waals surface area contributed by atoms with Gasteiger partial charge < -0.3 is 28.4 Å². The van der Waals surface area contributed by atoms with Crippen LogP contribution < -0.4 is 23.7 Å². The Hall–Kier alpha value is -3.13. The minimum Gasteiger partial charge on any atom is -0.493 e. The van der Waals surface area contributed by atoms with Crippen molar-refractivity contribution in [2.24, 2.45) is 11.8 Å². The van der Waals surface area contributed by atoms with Crippen molar-refractivity contribution in [1.82, 2.24) is 4.90 Å². The molecule has 0 radical (unpaired) electrons. The zero-order valence-corrected chi connectivity index (χ0v) is 20.1. The van der Waals surface area contributed by atoms with Gasteiger partial charge in [-0.2, -0.15) is 0 Å². The molecule has 6 atom stereocenters. The largest absolute Gasteiger partial charge is 0.493 e. The van der Waals surface area contributed by atoms with E-state index in [-0.39, 0.29) is 36.6 Å². The Bertz CT molecular complexity index is 1180. The van der Waals surface area contributed by atoms with Crippen LogP contribution in [0.5, 0.6) is 28.7 Å². The highest BCUT2D eigenvalue weighted by molar-refractivity contribution is 5.79. The molecule has 3 heterocycles. The first-order valence-electron chi connectivity index (χ1n) is 12.3. The fourth-order valence-corrected chi connectivity index (χ4v) is 7.18. The first-order chi connectivity index (χ1) is 17.1. The number of benzene rings is 2. The molecule has 3 unspecified atom stereocenters. The standard InChI is InChI=1S/C27H29NO7/c1-30-21-7-13(8-22(31-2)26(21)32-3)23-14-9-19-20(35-12-34-19)10-15(14)25(16-11-33-27(29)24(16)23)28-17-5-4-6-18(17)28/h7-10,16-18,23-25H,4-6,11-12H2,1-3H3/t16-,17?,18?,23+,24-,25?,28?/m0/s1. The van der Waals surface area contributed by atoms with Gasteiger partial charge in [0.2, 0.25) is 12.5 Å². The number of carbonyl (C=O) groups excluding carboxylic acids is 1. The van der Waals surface area contributed by atoms with Crippen LogP contribution in [0.1, 0.15) is 47.9 Å². The maximum Gasteiger partial charge on any atom is 0.310 e. The van der Waals surface area contributed by atoms with Gasteiger partial charge in [-0.1, -0.05) is 6.42 Å². The van der Waals surface area contributed by atoms with Crippen molar-refractivity contribution >= 4 is 5.97 Å². The summed E-state index contributed by atoms with van der Waals surface area (Å²) in [5.41, 5.74) is 3.22. The van der Waals surface area contributed by atoms with Crippen molar-refractivity contribution in [1.29, 1.82) is 0 Å². The summed E-state index contributed by atoms with van der Waals surface area (Å²) < 4.78 is 34.2. The molecule has 0 aromatic heterocycles. The molecule has 2 saturated heterocycles. The first kappa shape index (κ1) is 21.2. The molecule has 8 nitrogen and oxygen atoms in total. The Morgan fingerprint density at radius 1 is 0.857 bits per heavy atom. The van der Waals surface area contributed by atoms with Crippen LogP contribution >= 0.6 is 0 Å². The van der Waals surface area contributed by atoms with Crippen LogP contribution in [0.25, 0.3) is 0 Å². The number of cyclic esters (lactones) is 1. The number of methoxy groups -OCH3 is 3. The van der Waals surface area contributed by atoms with Crippen molar-refractivity contribution < 1.29 is 33.2 Å². The lowest BCUT2D eigenvalue weighted by Gasteiger charge is -2.40. The van der Waals surface area contributed by atoms with Crippen LogP contribution in [0.4, 0.5) is 0 Å². The van der Waals surface area contributed by atoms with E-state index in [1.54, 1.807) is 21.3 Å². The molecule has 35 heavy (non-hydrogen) atoms. The van der Waals surface area contributed by atoms with E-state index in [2.05, 4.69) is 17.0 Å². The molecule has 3 fully saturated rings. The predicted octanol–water partition coefficient (Wildman–Crippen LogP) is 3.65. The number of nitrogens with zero attached hydrogens (tertiary/aromatic N) is 1. The highest BCUT2D eigenvalue weighted by Crippen LogP contribution is 2.61. The van der Waals surface area contributed by atoms with Crippen molar-refractivity contribution in [2.45, 2.75) is 43.3 Å². The number of hydrogen-bond donors (Lipinski definition) is 0. The highest BCUT2D eigenvalue weighted by atomic mass is 16.7. The third-order valence-electron chi connectivity index (χ3n) is 8.64. The molecule has 184 valence electrons. The third kappa shape index (κ3) is 2.92. The van der Waals surface area contributed by atoms with Gasteiger partial charge in [-0.05, 0) is 53.8 Å². The molecule has 0 spiro atoms. The Morgan fingerprint density at radius 3 is 2.14 bits per heavy atom. The Balaban J connectivity index is 1.43. The molecule has 3 aliphatic heterocycles. The average molecular weight is 480 g/mol. The molecule has 0 N–H and O–H groups in total. The van der Waals surface area contributed by atoms with E-state index >= 15 is 0 Å². The summed E-state index contributed by atoms with van der Waals surface area (Å²) in [5.74, 6) is 2.52. The number of hydrogen-bond acceptors (Lipinski definition) is 8. The number of esters is 1. The quantitative estimate of drug-likeness (QED) is 0.475. The van der Waals surface area contributed by atoms with Crippen molar-refractivity contribution in [3.8, 4) is 28.7 Å². The number of piperidine rings is 1. The first-order valence-corrected chi connectivity index (χ1v) is 12.3. The van der Waals surface area contributed by atoms with E-state index in [1.165, 1.54) is 24.8 Å². The zero-order valence-electron chi connectivity index (χ0n) is 20.1. The lowest BCUT2D eigenvalue weighted by molar-refractivity contribution is -0.141. The fraction of sp³-hybridized carbons (Fsp3) is 0.519. The fourth-order valence-electron chi connectivity index (χ4n) is 7.18. The molecular formula is C27H29NO7. The molecule has 0 amide bonds. The Morgan fingerprint density at radius 2 is 1.51 bits per heavy atom. The van der Waals surface area contributed by atoms with Gasteiger partial charge in [-0.3, -0.25) is 9.69 Å². The Kier molecular flexibility index (Phi) is 4.65. The van der Waals surface area contributed by atoms with E-state index < -0.39 is 0 Å². The number of carbonyl (C=O) groups is 1. The van der Waals surface area contributed by atoms with Crippen LogP contribution in [0.3, 0.4) is 0 Å². The minimum absolute atomic E-state index is 0.0602. The van der Waals surface area contributed by atoms with Crippen LogP contribution in [0.15, 0.2) is 24.3 Å². The van der Waals surface area contributed by atoms with Gasteiger partial charge in [0.05, 0.1) is 33.9 Å². The lowest BCUT2D eigenvalue weighted by Crippen LogP contribution is -2.38. The summed E-state index contributed by atoms with van der Waals surface area (Å²) >= 11 is 0. The second-order valence-corrected chi connectivity index (χ2v) is 10.0. The van der Waals surface area contributed by atoms with Crippen LogP contribution in [0.2, 0.25) is 0 Å². The smallest absolute Gasteiger partial charge is 0.310 e. The van der Waals surface area contributed by atoms with Crippen molar-refractivity contribution in [3.63, 3.8) is 0 Å². The van der Waals surface area contributed by atoms with E-state index in [1.807, 2.05) is 12.1 Å². The number of fused-ring (bicyclic) bond motifs is 4. The zero-order chi connectivity index (χ0) is 23.8. The highest BCUT2D eigenvalue weighted by Gasteiger charge is 2.61. The van der Waals surface area contributed by atoms with Crippen LogP contribution in [-0.2, 0) is 9.53 Å². The van der Waals surface area contributed by atoms with Crippen molar-refractivity contribution in [2.75, 3.05) is 34.7 Å². The summed E-state index contributed by atoms with van der Waals surface area (Å²) in [4.78, 5) is 15.9. The van der Waals surface area contributed by atoms with E-state index in [9.17, 15) is 4.79 Å². The molecule has 2 aromatic carbocycles. The van der Waals surface area contributed by atoms with Gasteiger partial charge in [0.1, 0.15) is 0 Å². The summed E-state index contributed by atoms with van der Waals surface area (Å²) in [6.07, 6.45) is 3.73. The lowest BCUT2D eigenvalue weighted by atomic mass is 9.65. The molecule has 7 rings (SSSR count). The van der Waals surface area contributed by atoms with Crippen LogP contribution in [-0.4, -0.2) is 57.7 Å². The molecule has 8 heteroatoms. The molecule has 0 bridgehead atoms. The summed E-state index contributed by atoms with van der Waals surface area (Å²) in [6, 6.07) is 9.45. The molecule has 1 saturated carbocycles. The van der Waals surface area contributed by atoms with Gasteiger partial charge in [0.25, 0.3) is 0 Å². The molecular weight excluding hydrogens is 450 g/mol. The summed E-state index contributed by atoms with van der Waals surface area (Å²) in [7, 11) is 4.80. The van der Waals surface area contributed by atoms with Crippen LogP contribution in [0, 0.1) is 11.8 Å². The summed E-state index contributed by atoms with van der Waals surface area (Å²) in [6.45, 7) is 0.639. The number of likely N-dealkylation sites (tertiary alicyclic amines) is 1. The van der Waals surface area contributed by atoms with E-state index in [4.69, 9.17) is 28.4 Å². The van der Waals surface area contributed by atoms with Gasteiger partial charge in [-0.15, -0.1) is 0 Å². The molecule has 2 aliphatic carbocycles. The second-order valence-electron chi connectivity index (χ2n) is 10.0. The van der Waals surface area contributed by atoms with Gasteiger partial charge in [0, 0.05) is 30.0 Å². The third-order valence-corrected chi connectivity index (χ3v) is 8.64. The number of rotatable bonds is 5.